The van der Waals surface area contributed by atoms with Gasteiger partial charge in [0.1, 0.15) is 5.75 Å². The number of methoxy groups -OCH3 is 1. The molecule has 0 N–H and O–H groups in total. The SMILES string of the molecule is COc1cccc(/C(=C\Sc2ccccc2)S(=O)(=O)c2ccccc2)c1. The monoisotopic (exact) mass is 382 g/mol. The van der Waals surface area contributed by atoms with Crippen LogP contribution in [0.5, 0.6) is 5.75 Å². The topological polar surface area (TPSA) is 43.4 Å². The predicted molar refractivity (Wildman–Crippen MR) is 107 cm³/mol. The molecule has 0 fully saturated rings. The molecule has 0 saturated heterocycles. The molecular weight excluding hydrogens is 364 g/mol. The van der Waals surface area contributed by atoms with E-state index in [1.54, 1.807) is 67.1 Å². The highest BCUT2D eigenvalue weighted by Gasteiger charge is 2.22. The van der Waals surface area contributed by atoms with Gasteiger partial charge in [0.2, 0.25) is 9.84 Å². The lowest BCUT2D eigenvalue weighted by Crippen LogP contribution is -2.04. The molecule has 0 aliphatic carbocycles. The van der Waals surface area contributed by atoms with Gasteiger partial charge in [-0.25, -0.2) is 8.42 Å². The van der Waals surface area contributed by atoms with E-state index in [4.69, 9.17) is 4.74 Å². The number of sulfone groups is 1. The Balaban J connectivity index is 2.09. The van der Waals surface area contributed by atoms with Crippen molar-refractivity contribution in [3.63, 3.8) is 0 Å². The number of benzene rings is 3. The molecule has 0 aliphatic heterocycles. The zero-order chi connectivity index (χ0) is 18.4. The van der Waals surface area contributed by atoms with Gasteiger partial charge in [0.15, 0.2) is 0 Å². The van der Waals surface area contributed by atoms with Gasteiger partial charge in [-0.3, -0.25) is 0 Å². The number of rotatable bonds is 6. The van der Waals surface area contributed by atoms with Crippen molar-refractivity contribution in [2.45, 2.75) is 9.79 Å². The highest BCUT2D eigenvalue weighted by molar-refractivity contribution is 8.05. The van der Waals surface area contributed by atoms with Gasteiger partial charge in [-0.05, 0) is 47.4 Å². The van der Waals surface area contributed by atoms with Crippen LogP contribution >= 0.6 is 11.8 Å². The molecule has 0 heterocycles. The standard InChI is InChI=1S/C21H18O3S2/c1-24-18-10-8-9-17(15-18)21(16-25-19-11-4-2-5-12-19)26(22,23)20-13-6-3-7-14-20/h2-16H,1H3/b21-16+. The highest BCUT2D eigenvalue weighted by Crippen LogP contribution is 2.33. The number of hydrogen-bond acceptors (Lipinski definition) is 4. The van der Waals surface area contributed by atoms with Gasteiger partial charge < -0.3 is 4.74 Å². The fraction of sp³-hybridized carbons (Fsp3) is 0.0476. The second kappa shape index (κ2) is 8.25. The summed E-state index contributed by atoms with van der Waals surface area (Å²) in [6.45, 7) is 0. The van der Waals surface area contributed by atoms with E-state index < -0.39 is 9.84 Å². The highest BCUT2D eigenvalue weighted by atomic mass is 32.2. The van der Waals surface area contributed by atoms with Crippen molar-refractivity contribution in [1.82, 2.24) is 0 Å². The Bertz CT molecular complexity index is 996. The van der Waals surface area contributed by atoms with Crippen molar-refractivity contribution >= 4 is 26.5 Å². The Morgan fingerprint density at radius 1 is 0.885 bits per heavy atom. The van der Waals surface area contributed by atoms with Gasteiger partial charge in [-0.2, -0.15) is 0 Å². The fourth-order valence-electron chi connectivity index (χ4n) is 2.41. The predicted octanol–water partition coefficient (Wildman–Crippen LogP) is 5.26. The Morgan fingerprint density at radius 2 is 1.54 bits per heavy atom. The van der Waals surface area contributed by atoms with Gasteiger partial charge in [-0.1, -0.05) is 60.3 Å². The number of thioether (sulfide) groups is 1. The lowest BCUT2D eigenvalue weighted by atomic mass is 10.2. The third-order valence-electron chi connectivity index (χ3n) is 3.74. The van der Waals surface area contributed by atoms with E-state index in [1.165, 1.54) is 11.8 Å². The van der Waals surface area contributed by atoms with Crippen molar-refractivity contribution in [2.75, 3.05) is 7.11 Å². The average Bonchev–Trinajstić information content (AvgIpc) is 2.69. The first-order valence-electron chi connectivity index (χ1n) is 7.98. The molecule has 0 spiro atoms. The molecule has 0 aromatic heterocycles. The van der Waals surface area contributed by atoms with Gasteiger partial charge in [0, 0.05) is 4.90 Å². The summed E-state index contributed by atoms with van der Waals surface area (Å²) >= 11 is 1.38. The van der Waals surface area contributed by atoms with Crippen LogP contribution in [-0.4, -0.2) is 15.5 Å². The molecule has 3 rings (SSSR count). The van der Waals surface area contributed by atoms with E-state index in [0.29, 0.717) is 11.3 Å². The third kappa shape index (κ3) is 4.18. The lowest BCUT2D eigenvalue weighted by Gasteiger charge is -2.11. The van der Waals surface area contributed by atoms with Crippen LogP contribution in [0.2, 0.25) is 0 Å². The molecule has 0 amide bonds. The van der Waals surface area contributed by atoms with E-state index in [0.717, 1.165) is 4.90 Å². The minimum Gasteiger partial charge on any atom is -0.497 e. The first kappa shape index (κ1) is 18.3. The molecular formula is C21H18O3S2. The van der Waals surface area contributed by atoms with E-state index in [9.17, 15) is 8.42 Å². The second-order valence-electron chi connectivity index (χ2n) is 5.46. The van der Waals surface area contributed by atoms with Crippen LogP contribution in [0.4, 0.5) is 0 Å². The molecule has 26 heavy (non-hydrogen) atoms. The first-order valence-corrected chi connectivity index (χ1v) is 10.3. The molecule has 132 valence electrons. The Morgan fingerprint density at radius 3 is 2.19 bits per heavy atom. The van der Waals surface area contributed by atoms with E-state index >= 15 is 0 Å². The minimum atomic E-state index is -3.66. The molecule has 0 radical (unpaired) electrons. The van der Waals surface area contributed by atoms with E-state index in [2.05, 4.69) is 0 Å². The summed E-state index contributed by atoms with van der Waals surface area (Å²) in [6.07, 6.45) is 0. The summed E-state index contributed by atoms with van der Waals surface area (Å²) in [5.41, 5.74) is 0.594. The van der Waals surface area contributed by atoms with Crippen molar-refractivity contribution in [1.29, 1.82) is 0 Å². The van der Waals surface area contributed by atoms with Crippen molar-refractivity contribution in [3.8, 4) is 5.75 Å². The van der Waals surface area contributed by atoms with Gasteiger partial charge in [-0.15, -0.1) is 0 Å². The van der Waals surface area contributed by atoms with Gasteiger partial charge in [0.05, 0.1) is 16.9 Å². The Hall–Kier alpha value is -2.50. The molecule has 0 bridgehead atoms. The first-order chi connectivity index (χ1) is 12.6. The molecule has 3 aromatic carbocycles. The summed E-state index contributed by atoms with van der Waals surface area (Å²) in [4.78, 5) is 1.48. The number of ether oxygens (including phenoxy) is 1. The van der Waals surface area contributed by atoms with Crippen LogP contribution in [0.15, 0.2) is 100 Å². The zero-order valence-electron chi connectivity index (χ0n) is 14.2. The van der Waals surface area contributed by atoms with Crippen molar-refractivity contribution in [3.05, 3.63) is 95.9 Å². The maximum atomic E-state index is 13.2. The summed E-state index contributed by atoms with van der Waals surface area (Å²) in [5.74, 6) is 0.612. The Kier molecular flexibility index (Phi) is 5.81. The van der Waals surface area contributed by atoms with Gasteiger partial charge >= 0.3 is 0 Å². The van der Waals surface area contributed by atoms with E-state index in [1.807, 2.05) is 30.3 Å². The minimum absolute atomic E-state index is 0.247. The average molecular weight is 383 g/mol. The summed E-state index contributed by atoms with van der Waals surface area (Å²) in [5, 5.41) is 1.69. The summed E-state index contributed by atoms with van der Waals surface area (Å²) in [6, 6.07) is 25.2. The molecule has 5 heteroatoms. The van der Waals surface area contributed by atoms with Crippen LogP contribution < -0.4 is 4.74 Å². The van der Waals surface area contributed by atoms with Crippen LogP contribution in [0, 0.1) is 0 Å². The Labute approximate surface area is 158 Å². The molecule has 0 atom stereocenters. The maximum Gasteiger partial charge on any atom is 0.207 e. The molecule has 0 aliphatic rings. The smallest absolute Gasteiger partial charge is 0.207 e. The van der Waals surface area contributed by atoms with Gasteiger partial charge in [0.25, 0.3) is 0 Å². The van der Waals surface area contributed by atoms with Crippen LogP contribution in [0.1, 0.15) is 5.56 Å². The van der Waals surface area contributed by atoms with Crippen molar-refractivity contribution in [2.24, 2.45) is 0 Å². The molecule has 0 saturated carbocycles. The molecule has 0 unspecified atom stereocenters. The summed E-state index contributed by atoms with van der Waals surface area (Å²) < 4.78 is 31.7. The lowest BCUT2D eigenvalue weighted by molar-refractivity contribution is 0.414. The second-order valence-corrected chi connectivity index (χ2v) is 8.32. The number of hydrogen-bond donors (Lipinski definition) is 0. The fourth-order valence-corrected chi connectivity index (χ4v) is 4.96. The normalized spacial score (nSPS) is 12.0. The third-order valence-corrected chi connectivity index (χ3v) is 6.61. The largest absolute Gasteiger partial charge is 0.497 e. The maximum absolute atomic E-state index is 13.2. The van der Waals surface area contributed by atoms with Crippen LogP contribution in [-0.2, 0) is 9.84 Å². The van der Waals surface area contributed by atoms with Crippen molar-refractivity contribution < 1.29 is 13.2 Å². The zero-order valence-corrected chi connectivity index (χ0v) is 15.8. The quantitative estimate of drug-likeness (QED) is 0.546. The van der Waals surface area contributed by atoms with Crippen LogP contribution in [0.3, 0.4) is 0 Å². The molecule has 3 nitrogen and oxygen atoms in total. The van der Waals surface area contributed by atoms with E-state index in [-0.39, 0.29) is 9.80 Å². The van der Waals surface area contributed by atoms with Crippen LogP contribution in [0.25, 0.3) is 4.91 Å². The molecule has 3 aromatic rings. The summed E-state index contributed by atoms with van der Waals surface area (Å²) in [7, 11) is -2.10.